The molecule has 0 atom stereocenters. The summed E-state index contributed by atoms with van der Waals surface area (Å²) in [4.78, 5) is 37.8. The predicted molar refractivity (Wildman–Crippen MR) is 105 cm³/mol. The Balaban J connectivity index is 2.19. The van der Waals surface area contributed by atoms with Crippen molar-refractivity contribution in [2.24, 2.45) is 0 Å². The summed E-state index contributed by atoms with van der Waals surface area (Å²) in [5, 5.41) is 1.12. The molecule has 0 fully saturated rings. The number of hydrogen-bond donors (Lipinski definition) is 0. The molecule has 3 rings (SSSR count). The fourth-order valence-electron chi connectivity index (χ4n) is 2.82. The van der Waals surface area contributed by atoms with Crippen molar-refractivity contribution in [3.8, 4) is 0 Å². The minimum Gasteiger partial charge on any atom is -0.465 e. The first kappa shape index (κ1) is 19.2. The Morgan fingerprint density at radius 1 is 1.07 bits per heavy atom. The summed E-state index contributed by atoms with van der Waals surface area (Å²) in [5.41, 5.74) is -0.128. The van der Waals surface area contributed by atoms with Crippen molar-refractivity contribution in [2.75, 3.05) is 6.61 Å². The highest BCUT2D eigenvalue weighted by atomic mass is 35.5. The maximum atomic E-state index is 13.0. The Morgan fingerprint density at radius 2 is 1.81 bits per heavy atom. The number of hydrogen-bond acceptors (Lipinski definition) is 4. The van der Waals surface area contributed by atoms with Gasteiger partial charge in [-0.15, -0.1) is 0 Å². The Morgan fingerprint density at radius 3 is 2.52 bits per heavy atom. The molecule has 1 aromatic heterocycles. The molecule has 0 aliphatic rings. The first-order valence-corrected chi connectivity index (χ1v) is 9.00. The quantitative estimate of drug-likeness (QED) is 0.610. The third kappa shape index (κ3) is 3.91. The van der Waals surface area contributed by atoms with Crippen LogP contribution in [0.25, 0.3) is 10.9 Å². The number of esters is 1. The molecule has 0 unspecified atom stereocenters. The van der Waals surface area contributed by atoms with Crippen LogP contribution < -0.4 is 11.2 Å². The normalized spacial score (nSPS) is 10.9. The van der Waals surface area contributed by atoms with Gasteiger partial charge in [0, 0.05) is 10.0 Å². The Bertz CT molecular complexity index is 1130. The average Bonchev–Trinajstić information content (AvgIpc) is 2.64. The fraction of sp³-hybridized carbons (Fsp3) is 0.211. The number of carbonyl (C=O) groups is 1. The molecule has 140 valence electrons. The van der Waals surface area contributed by atoms with E-state index < -0.39 is 17.2 Å². The molecular formula is C19H16Cl2N2O4. The molecule has 3 aromatic rings. The van der Waals surface area contributed by atoms with E-state index in [9.17, 15) is 14.4 Å². The van der Waals surface area contributed by atoms with Crippen molar-refractivity contribution in [3.63, 3.8) is 0 Å². The first-order valence-electron chi connectivity index (χ1n) is 8.24. The largest absolute Gasteiger partial charge is 0.465 e. The smallest absolute Gasteiger partial charge is 0.332 e. The molecule has 0 aliphatic carbocycles. The van der Waals surface area contributed by atoms with E-state index in [-0.39, 0.29) is 19.7 Å². The van der Waals surface area contributed by atoms with Crippen LogP contribution in [0.5, 0.6) is 0 Å². The van der Waals surface area contributed by atoms with Gasteiger partial charge in [0.05, 0.1) is 24.1 Å². The van der Waals surface area contributed by atoms with Crippen molar-refractivity contribution in [1.82, 2.24) is 9.13 Å². The molecule has 27 heavy (non-hydrogen) atoms. The van der Waals surface area contributed by atoms with Gasteiger partial charge in [-0.05, 0) is 36.8 Å². The number of aromatic nitrogens is 2. The molecule has 0 aliphatic heterocycles. The summed E-state index contributed by atoms with van der Waals surface area (Å²) >= 11 is 12.1. The van der Waals surface area contributed by atoms with E-state index in [1.165, 1.54) is 4.57 Å². The molecule has 8 heteroatoms. The second kappa shape index (κ2) is 7.98. The molecule has 2 aromatic carbocycles. The van der Waals surface area contributed by atoms with Crippen LogP contribution >= 0.6 is 23.2 Å². The maximum Gasteiger partial charge on any atom is 0.332 e. The van der Waals surface area contributed by atoms with Gasteiger partial charge in [0.2, 0.25) is 0 Å². The second-order valence-corrected chi connectivity index (χ2v) is 6.66. The summed E-state index contributed by atoms with van der Waals surface area (Å²) in [6.07, 6.45) is 0. The minimum atomic E-state index is -0.613. The highest BCUT2D eigenvalue weighted by Gasteiger charge is 2.16. The molecule has 0 saturated carbocycles. The summed E-state index contributed by atoms with van der Waals surface area (Å²) in [7, 11) is 0. The van der Waals surface area contributed by atoms with Crippen LogP contribution in [0.3, 0.4) is 0 Å². The van der Waals surface area contributed by atoms with Crippen molar-refractivity contribution < 1.29 is 9.53 Å². The number of halogens is 2. The van der Waals surface area contributed by atoms with E-state index in [0.717, 1.165) is 4.57 Å². The lowest BCUT2D eigenvalue weighted by Crippen LogP contribution is -2.41. The molecule has 0 bridgehead atoms. The van der Waals surface area contributed by atoms with E-state index in [2.05, 4.69) is 0 Å². The monoisotopic (exact) mass is 406 g/mol. The molecule has 0 amide bonds. The molecule has 0 N–H and O–H groups in total. The molecule has 0 spiro atoms. The Labute approximate surface area is 164 Å². The Kier molecular flexibility index (Phi) is 5.68. The van der Waals surface area contributed by atoms with Crippen LogP contribution in [0.2, 0.25) is 10.0 Å². The van der Waals surface area contributed by atoms with Crippen molar-refractivity contribution >= 4 is 40.1 Å². The SMILES string of the molecule is CCOC(=O)Cn1c(=O)n(Cc2ccc(Cl)cc2Cl)c(=O)c2ccccc21. The second-order valence-electron chi connectivity index (χ2n) is 5.82. The number of carbonyl (C=O) groups excluding carboxylic acids is 1. The lowest BCUT2D eigenvalue weighted by atomic mass is 10.2. The third-order valence-electron chi connectivity index (χ3n) is 4.07. The molecule has 0 saturated heterocycles. The third-order valence-corrected chi connectivity index (χ3v) is 4.66. The summed E-state index contributed by atoms with van der Waals surface area (Å²) in [6, 6.07) is 11.5. The zero-order valence-corrected chi connectivity index (χ0v) is 16.0. The predicted octanol–water partition coefficient (Wildman–Crippen LogP) is 3.08. The van der Waals surface area contributed by atoms with Crippen molar-refractivity contribution in [3.05, 3.63) is 78.9 Å². The van der Waals surface area contributed by atoms with E-state index in [1.807, 2.05) is 0 Å². The molecular weight excluding hydrogens is 391 g/mol. The Hall–Kier alpha value is -2.57. The minimum absolute atomic E-state index is 0.0403. The van der Waals surface area contributed by atoms with Gasteiger partial charge in [-0.25, -0.2) is 4.79 Å². The fourth-order valence-corrected chi connectivity index (χ4v) is 3.29. The van der Waals surface area contributed by atoms with Gasteiger partial charge in [0.15, 0.2) is 0 Å². The maximum absolute atomic E-state index is 13.0. The van der Waals surface area contributed by atoms with E-state index in [1.54, 1.807) is 49.4 Å². The molecule has 1 heterocycles. The van der Waals surface area contributed by atoms with E-state index in [0.29, 0.717) is 26.5 Å². The van der Waals surface area contributed by atoms with Crippen LogP contribution in [-0.4, -0.2) is 21.7 Å². The van der Waals surface area contributed by atoms with Gasteiger partial charge >= 0.3 is 11.7 Å². The van der Waals surface area contributed by atoms with Gasteiger partial charge in [-0.3, -0.25) is 18.7 Å². The topological polar surface area (TPSA) is 70.3 Å². The van der Waals surface area contributed by atoms with Gasteiger partial charge in [0.25, 0.3) is 5.56 Å². The van der Waals surface area contributed by atoms with Crippen molar-refractivity contribution in [2.45, 2.75) is 20.0 Å². The van der Waals surface area contributed by atoms with Crippen LogP contribution in [0.1, 0.15) is 12.5 Å². The van der Waals surface area contributed by atoms with Crippen LogP contribution in [0.4, 0.5) is 0 Å². The zero-order chi connectivity index (χ0) is 19.6. The first-order chi connectivity index (χ1) is 12.9. The number of nitrogens with zero attached hydrogens (tertiary/aromatic N) is 2. The highest BCUT2D eigenvalue weighted by Crippen LogP contribution is 2.21. The molecule has 6 nitrogen and oxygen atoms in total. The molecule has 0 radical (unpaired) electrons. The van der Waals surface area contributed by atoms with Crippen LogP contribution in [0.15, 0.2) is 52.1 Å². The number of para-hydroxylation sites is 1. The standard InChI is InChI=1S/C19H16Cl2N2O4/c1-2-27-17(24)11-22-16-6-4-3-5-14(16)18(25)23(19(22)26)10-12-7-8-13(20)9-15(12)21/h3-9H,2,10-11H2,1H3. The number of ether oxygens (including phenoxy) is 1. The van der Waals surface area contributed by atoms with E-state index >= 15 is 0 Å². The summed E-state index contributed by atoms with van der Waals surface area (Å²) in [5.74, 6) is -0.556. The van der Waals surface area contributed by atoms with Gasteiger partial charge in [-0.1, -0.05) is 41.4 Å². The highest BCUT2D eigenvalue weighted by molar-refractivity contribution is 6.35. The number of fused-ring (bicyclic) bond motifs is 1. The average molecular weight is 407 g/mol. The van der Waals surface area contributed by atoms with Gasteiger partial charge in [0.1, 0.15) is 6.54 Å². The van der Waals surface area contributed by atoms with E-state index in [4.69, 9.17) is 27.9 Å². The lowest BCUT2D eigenvalue weighted by molar-refractivity contribution is -0.143. The summed E-state index contributed by atoms with van der Waals surface area (Å²) < 4.78 is 7.24. The van der Waals surface area contributed by atoms with Crippen molar-refractivity contribution in [1.29, 1.82) is 0 Å². The number of rotatable bonds is 5. The number of benzene rings is 2. The van der Waals surface area contributed by atoms with Crippen LogP contribution in [-0.2, 0) is 22.6 Å². The van der Waals surface area contributed by atoms with Gasteiger partial charge in [-0.2, -0.15) is 0 Å². The summed E-state index contributed by atoms with van der Waals surface area (Å²) in [6.45, 7) is 1.55. The lowest BCUT2D eigenvalue weighted by Gasteiger charge is -2.14. The van der Waals surface area contributed by atoms with Gasteiger partial charge < -0.3 is 4.74 Å². The zero-order valence-electron chi connectivity index (χ0n) is 14.4. The van der Waals surface area contributed by atoms with Crippen LogP contribution in [0, 0.1) is 0 Å².